The topological polar surface area (TPSA) is 72.8 Å². The zero-order valence-electron chi connectivity index (χ0n) is 37.9. The molecule has 0 aromatic carbocycles. The number of ether oxygens (including phenoxy) is 2. The third-order valence-corrected chi connectivity index (χ3v) is 11.6. The minimum absolute atomic E-state index is 0.0588. The predicted molar refractivity (Wildman–Crippen MR) is 242 cm³/mol. The highest BCUT2D eigenvalue weighted by atomic mass is 16.6. The van der Waals surface area contributed by atoms with Crippen molar-refractivity contribution in [2.24, 2.45) is 0 Å². The van der Waals surface area contributed by atoms with Crippen molar-refractivity contribution in [3.05, 3.63) is 12.2 Å². The van der Waals surface area contributed by atoms with E-state index in [0.717, 1.165) is 32.1 Å². The van der Waals surface area contributed by atoms with Gasteiger partial charge >= 0.3 is 11.9 Å². The lowest BCUT2D eigenvalue weighted by molar-refractivity contribution is -0.161. The molecule has 0 aliphatic carbocycles. The summed E-state index contributed by atoms with van der Waals surface area (Å²) in [6.07, 6.45) is 57.3. The minimum atomic E-state index is -0.766. The predicted octanol–water partition coefficient (Wildman–Crippen LogP) is 16.4. The Hall–Kier alpha value is -1.36. The van der Waals surface area contributed by atoms with Crippen molar-refractivity contribution in [1.82, 2.24) is 0 Å². The van der Waals surface area contributed by atoms with Gasteiger partial charge in [0.25, 0.3) is 0 Å². The van der Waals surface area contributed by atoms with E-state index in [1.807, 2.05) is 0 Å². The normalized spacial score (nSPS) is 12.1. The quantitative estimate of drug-likeness (QED) is 0.0378. The lowest BCUT2D eigenvalue weighted by atomic mass is 10.0. The monoisotopic (exact) mass is 791 g/mol. The van der Waals surface area contributed by atoms with Crippen LogP contribution >= 0.6 is 0 Å². The third-order valence-electron chi connectivity index (χ3n) is 11.6. The first-order valence-electron chi connectivity index (χ1n) is 25.2. The van der Waals surface area contributed by atoms with Crippen LogP contribution in [0, 0.1) is 0 Å². The molecule has 0 amide bonds. The van der Waals surface area contributed by atoms with Crippen LogP contribution in [0.2, 0.25) is 0 Å². The Bertz CT molecular complexity index is 810. The smallest absolute Gasteiger partial charge is 0.306 e. The second kappa shape index (κ2) is 48.0. The van der Waals surface area contributed by atoms with Crippen molar-refractivity contribution in [3.8, 4) is 0 Å². The summed E-state index contributed by atoms with van der Waals surface area (Å²) in [5, 5.41) is 9.62. The summed E-state index contributed by atoms with van der Waals surface area (Å²) in [7, 11) is 0. The van der Waals surface area contributed by atoms with Crippen molar-refractivity contribution < 1.29 is 24.2 Å². The van der Waals surface area contributed by atoms with Gasteiger partial charge in [0, 0.05) is 12.8 Å². The van der Waals surface area contributed by atoms with E-state index in [9.17, 15) is 14.7 Å². The molecule has 0 aliphatic heterocycles. The van der Waals surface area contributed by atoms with Crippen LogP contribution < -0.4 is 0 Å². The summed E-state index contributed by atoms with van der Waals surface area (Å²) in [6, 6.07) is 0. The molecule has 1 atom stereocenters. The zero-order valence-corrected chi connectivity index (χ0v) is 37.9. The number of carbonyl (C=O) groups is 2. The van der Waals surface area contributed by atoms with E-state index in [0.29, 0.717) is 12.8 Å². The molecule has 0 aromatic rings. The molecular formula is C51H98O5. The molecule has 332 valence electrons. The molecule has 0 heterocycles. The summed E-state index contributed by atoms with van der Waals surface area (Å²) in [4.78, 5) is 24.4. The highest BCUT2D eigenvalue weighted by Gasteiger charge is 2.16. The maximum atomic E-state index is 12.3. The van der Waals surface area contributed by atoms with E-state index in [1.165, 1.54) is 225 Å². The van der Waals surface area contributed by atoms with E-state index >= 15 is 0 Å². The Balaban J connectivity index is 3.44. The lowest BCUT2D eigenvalue weighted by Gasteiger charge is -2.15. The van der Waals surface area contributed by atoms with Crippen LogP contribution in [0.5, 0.6) is 0 Å². The second-order valence-corrected chi connectivity index (χ2v) is 17.3. The number of allylic oxidation sites excluding steroid dienone is 2. The first kappa shape index (κ1) is 54.6. The van der Waals surface area contributed by atoms with Gasteiger partial charge in [0.2, 0.25) is 0 Å². The molecule has 0 rings (SSSR count). The zero-order chi connectivity index (χ0) is 40.7. The van der Waals surface area contributed by atoms with Gasteiger partial charge in [0.1, 0.15) is 6.61 Å². The van der Waals surface area contributed by atoms with Crippen molar-refractivity contribution in [2.75, 3.05) is 13.2 Å². The van der Waals surface area contributed by atoms with E-state index in [2.05, 4.69) is 26.0 Å². The summed E-state index contributed by atoms with van der Waals surface area (Å²) in [6.45, 7) is 4.18. The molecule has 0 aromatic heterocycles. The van der Waals surface area contributed by atoms with Crippen LogP contribution in [0.4, 0.5) is 0 Å². The minimum Gasteiger partial charge on any atom is -0.462 e. The number of rotatable bonds is 47. The fourth-order valence-corrected chi connectivity index (χ4v) is 7.73. The molecular weight excluding hydrogens is 693 g/mol. The summed E-state index contributed by atoms with van der Waals surface area (Å²) < 4.78 is 10.7. The number of hydrogen-bond donors (Lipinski definition) is 1. The van der Waals surface area contributed by atoms with Gasteiger partial charge in [-0.3, -0.25) is 9.59 Å². The Morgan fingerprint density at radius 3 is 0.964 bits per heavy atom. The average Bonchev–Trinajstić information content (AvgIpc) is 3.20. The van der Waals surface area contributed by atoms with E-state index < -0.39 is 6.10 Å². The highest BCUT2D eigenvalue weighted by molar-refractivity contribution is 5.70. The SMILES string of the molecule is CCCCCCCC/C=C\CCCCCCCCCCCCCC(=O)O[C@@H](CO)COC(=O)CCCCCCCCCCCCCCCCCCCCCCC. The van der Waals surface area contributed by atoms with Crippen LogP contribution in [0.1, 0.15) is 284 Å². The van der Waals surface area contributed by atoms with Gasteiger partial charge in [-0.25, -0.2) is 0 Å². The Morgan fingerprint density at radius 1 is 0.393 bits per heavy atom. The number of esters is 2. The molecule has 0 saturated heterocycles. The molecule has 5 heteroatoms. The Kier molecular flexibility index (Phi) is 46.8. The van der Waals surface area contributed by atoms with Crippen molar-refractivity contribution in [3.63, 3.8) is 0 Å². The largest absolute Gasteiger partial charge is 0.462 e. The van der Waals surface area contributed by atoms with Gasteiger partial charge in [-0.1, -0.05) is 244 Å². The molecule has 0 spiro atoms. The standard InChI is InChI=1S/C51H98O5/c1-3-5-7-9-11-13-15-17-19-21-23-25-27-29-31-33-35-37-39-41-43-45-50(53)55-48-49(47-52)56-51(54)46-44-42-40-38-36-34-32-30-28-26-24-22-20-18-16-14-12-10-8-6-4-2/h18,20,49,52H,3-17,19,21-48H2,1-2H3/b20-18-/t49-/m0/s1. The molecule has 56 heavy (non-hydrogen) atoms. The first-order chi connectivity index (χ1) is 27.6. The number of hydrogen-bond acceptors (Lipinski definition) is 5. The van der Waals surface area contributed by atoms with Gasteiger partial charge in [-0.2, -0.15) is 0 Å². The fourth-order valence-electron chi connectivity index (χ4n) is 7.73. The third kappa shape index (κ3) is 45.3. The summed E-state index contributed by atoms with van der Waals surface area (Å²) in [5.74, 6) is -0.572. The number of aliphatic hydroxyl groups is 1. The van der Waals surface area contributed by atoms with Crippen LogP contribution in [0.25, 0.3) is 0 Å². The number of carbonyl (C=O) groups excluding carboxylic acids is 2. The van der Waals surface area contributed by atoms with Crippen LogP contribution in [0.15, 0.2) is 12.2 Å². The molecule has 5 nitrogen and oxygen atoms in total. The van der Waals surface area contributed by atoms with Crippen molar-refractivity contribution >= 4 is 11.9 Å². The van der Waals surface area contributed by atoms with Crippen molar-refractivity contribution in [1.29, 1.82) is 0 Å². The number of unbranched alkanes of at least 4 members (excludes halogenated alkanes) is 37. The lowest BCUT2D eigenvalue weighted by Crippen LogP contribution is -2.28. The highest BCUT2D eigenvalue weighted by Crippen LogP contribution is 2.17. The van der Waals surface area contributed by atoms with Crippen LogP contribution in [-0.2, 0) is 19.1 Å². The molecule has 0 bridgehead atoms. The molecule has 0 fully saturated rings. The summed E-state index contributed by atoms with van der Waals surface area (Å²) in [5.41, 5.74) is 0. The van der Waals surface area contributed by atoms with E-state index in [1.54, 1.807) is 0 Å². The molecule has 0 saturated carbocycles. The number of aliphatic hydroxyl groups excluding tert-OH is 1. The van der Waals surface area contributed by atoms with Crippen LogP contribution in [-0.4, -0.2) is 36.4 Å². The average molecular weight is 791 g/mol. The molecule has 0 aliphatic rings. The molecule has 1 N–H and O–H groups in total. The van der Waals surface area contributed by atoms with Crippen LogP contribution in [0.3, 0.4) is 0 Å². The maximum Gasteiger partial charge on any atom is 0.306 e. The maximum absolute atomic E-state index is 12.3. The van der Waals surface area contributed by atoms with Gasteiger partial charge in [-0.05, 0) is 38.5 Å². The van der Waals surface area contributed by atoms with Gasteiger partial charge in [0.15, 0.2) is 6.10 Å². The Labute approximate surface area is 350 Å². The first-order valence-corrected chi connectivity index (χ1v) is 25.2. The molecule has 0 unspecified atom stereocenters. The Morgan fingerprint density at radius 2 is 0.661 bits per heavy atom. The van der Waals surface area contributed by atoms with E-state index in [-0.39, 0.29) is 25.2 Å². The van der Waals surface area contributed by atoms with E-state index in [4.69, 9.17) is 9.47 Å². The van der Waals surface area contributed by atoms with Gasteiger partial charge in [-0.15, -0.1) is 0 Å². The summed E-state index contributed by atoms with van der Waals surface area (Å²) >= 11 is 0. The van der Waals surface area contributed by atoms with Gasteiger partial charge < -0.3 is 14.6 Å². The molecule has 0 radical (unpaired) electrons. The second-order valence-electron chi connectivity index (χ2n) is 17.3. The fraction of sp³-hybridized carbons (Fsp3) is 0.922. The van der Waals surface area contributed by atoms with Crippen molar-refractivity contribution in [2.45, 2.75) is 290 Å². The van der Waals surface area contributed by atoms with Gasteiger partial charge in [0.05, 0.1) is 6.61 Å².